The largest absolute Gasteiger partial charge is 0.499 e. The molecule has 0 radical (unpaired) electrons. The number of hydrogen-bond donors (Lipinski definition) is 0. The first kappa shape index (κ1) is 29.0. The van der Waals surface area contributed by atoms with Crippen molar-refractivity contribution in [2.75, 3.05) is 0 Å². The molecule has 4 nitrogen and oxygen atoms in total. The second kappa shape index (κ2) is 12.4. The van der Waals surface area contributed by atoms with Gasteiger partial charge in [0.1, 0.15) is 16.8 Å². The van der Waals surface area contributed by atoms with Gasteiger partial charge in [-0.1, -0.05) is 121 Å². The molecule has 3 aliphatic heterocycles. The van der Waals surface area contributed by atoms with Crippen LogP contribution in [0.5, 0.6) is 5.75 Å². The Kier molecular flexibility index (Phi) is 6.09. The molecular weight excluding hydrogens is 719 g/mol. The Labute approximate surface area is 357 Å². The maximum atomic E-state index is 9.14. The highest BCUT2D eigenvalue weighted by atomic mass is 16.5. The van der Waals surface area contributed by atoms with Gasteiger partial charge in [-0.05, 0) is 124 Å². The molecular formula is C55H51N3O+2. The van der Waals surface area contributed by atoms with Gasteiger partial charge < -0.3 is 4.74 Å². The number of pyridine rings is 1. The van der Waals surface area contributed by atoms with Gasteiger partial charge in [0.25, 0.3) is 0 Å². The van der Waals surface area contributed by atoms with Gasteiger partial charge in [-0.3, -0.25) is 0 Å². The van der Waals surface area contributed by atoms with Gasteiger partial charge >= 0.3 is 11.7 Å². The zero-order chi connectivity index (χ0) is 46.9. The van der Waals surface area contributed by atoms with Crippen LogP contribution in [0.3, 0.4) is 0 Å². The highest BCUT2D eigenvalue weighted by Gasteiger charge is 2.68. The number of fused-ring (bicyclic) bond motifs is 5. The standard InChI is InChI=1S/C55H51N3O/c1-32(2)41-17-13-18-42(33(3)4)49(41)37-21-23-40(24-22-37)57-47-20-14-19-43-44-30-39(54(7,8)9)31-45-48-29-38(36-15-11-10-12-16-36)25-26-56(48)55(50(44)45)58(51(43)47)53(57)46-28-34(5)27-35(6)52(46)59-55/h10-33H,1-9H3/q+2/i10D,11D,12D,15D,16D,32D,33D. The number of aromatic nitrogens is 3. The summed E-state index contributed by atoms with van der Waals surface area (Å²) in [6.07, 6.45) is 1.96. The summed E-state index contributed by atoms with van der Waals surface area (Å²) < 4.78 is 76.1. The summed E-state index contributed by atoms with van der Waals surface area (Å²) in [5.74, 6) is -1.36. The van der Waals surface area contributed by atoms with Crippen LogP contribution in [0.15, 0.2) is 133 Å². The van der Waals surface area contributed by atoms with Crippen molar-refractivity contribution in [1.82, 2.24) is 4.57 Å². The van der Waals surface area contributed by atoms with Gasteiger partial charge in [0.05, 0.1) is 12.4 Å². The topological polar surface area (TPSA) is 21.9 Å². The molecule has 4 heteroatoms. The van der Waals surface area contributed by atoms with Gasteiger partial charge in [0, 0.05) is 26.0 Å². The summed E-state index contributed by atoms with van der Waals surface area (Å²) in [7, 11) is 0. The van der Waals surface area contributed by atoms with Crippen molar-refractivity contribution in [3.63, 3.8) is 0 Å². The number of rotatable bonds is 5. The van der Waals surface area contributed by atoms with E-state index < -0.39 is 23.7 Å². The van der Waals surface area contributed by atoms with Crippen LogP contribution in [-0.2, 0) is 11.3 Å². The summed E-state index contributed by atoms with van der Waals surface area (Å²) in [4.78, 5) is 0. The molecule has 0 aliphatic carbocycles. The normalized spacial score (nSPS) is 17.7. The van der Waals surface area contributed by atoms with Crippen LogP contribution in [-0.4, -0.2) is 4.57 Å². The first-order valence-corrected chi connectivity index (χ1v) is 20.5. The van der Waals surface area contributed by atoms with Crippen LogP contribution in [0.25, 0.3) is 72.7 Å². The third-order valence-corrected chi connectivity index (χ3v) is 12.6. The Bertz CT molecular complexity index is 3420. The summed E-state index contributed by atoms with van der Waals surface area (Å²) in [5.41, 5.74) is 15.9. The lowest BCUT2D eigenvalue weighted by atomic mass is 9.80. The number of imidazole rings is 1. The Morgan fingerprint density at radius 1 is 0.712 bits per heavy atom. The zero-order valence-corrected chi connectivity index (χ0v) is 35.1. The van der Waals surface area contributed by atoms with Crippen LogP contribution in [0.1, 0.15) is 103 Å². The Morgan fingerprint density at radius 2 is 1.41 bits per heavy atom. The number of ether oxygens (including phenoxy) is 1. The van der Waals surface area contributed by atoms with Gasteiger partial charge in [0.2, 0.25) is 5.69 Å². The molecule has 3 aliphatic rings. The van der Waals surface area contributed by atoms with E-state index in [1.165, 1.54) is 0 Å². The molecule has 2 aromatic heterocycles. The quantitative estimate of drug-likeness (QED) is 0.160. The van der Waals surface area contributed by atoms with E-state index in [4.69, 9.17) is 14.3 Å². The molecule has 0 amide bonds. The van der Waals surface area contributed by atoms with Gasteiger partial charge in [-0.2, -0.15) is 4.57 Å². The van der Waals surface area contributed by atoms with Crippen molar-refractivity contribution in [3.8, 4) is 67.5 Å². The molecule has 0 saturated heterocycles. The summed E-state index contributed by atoms with van der Waals surface area (Å²) in [6.45, 7) is 18.4. The molecule has 290 valence electrons. The zero-order valence-electron chi connectivity index (χ0n) is 42.1. The molecule has 1 atom stereocenters. The van der Waals surface area contributed by atoms with Gasteiger partial charge in [-0.25, -0.2) is 0 Å². The highest BCUT2D eigenvalue weighted by molar-refractivity contribution is 5.98. The second-order valence-electron chi connectivity index (χ2n) is 18.0. The lowest BCUT2D eigenvalue weighted by molar-refractivity contribution is -0.997. The minimum Gasteiger partial charge on any atom is -0.392 e. The van der Waals surface area contributed by atoms with E-state index in [-0.39, 0.29) is 35.1 Å². The van der Waals surface area contributed by atoms with Crippen molar-refractivity contribution in [3.05, 3.63) is 167 Å². The van der Waals surface area contributed by atoms with Crippen molar-refractivity contribution in [2.24, 2.45) is 0 Å². The number of para-hydroxylation sites is 1. The number of nitrogens with zero attached hydrogens (tertiary/aromatic N) is 3. The molecule has 1 spiro atoms. The minimum absolute atomic E-state index is 0.149. The molecule has 0 fully saturated rings. The van der Waals surface area contributed by atoms with Crippen molar-refractivity contribution < 1.29 is 23.5 Å². The maximum absolute atomic E-state index is 9.14. The third kappa shape index (κ3) is 4.89. The number of hydrogen-bond acceptors (Lipinski definition) is 1. The average Bonchev–Trinajstić information content (AvgIpc) is 3.76. The van der Waals surface area contributed by atoms with Gasteiger partial charge in [-0.15, -0.1) is 9.13 Å². The lowest BCUT2D eigenvalue weighted by Gasteiger charge is -2.33. The fraction of sp³-hybridized carbons (Fsp3) is 0.236. The molecule has 11 rings (SSSR count). The molecule has 8 aromatic rings. The molecule has 0 N–H and O–H groups in total. The monoisotopic (exact) mass is 776 g/mol. The Balaban J connectivity index is 1.25. The molecule has 59 heavy (non-hydrogen) atoms. The van der Waals surface area contributed by atoms with Gasteiger partial charge in [0.15, 0.2) is 23.0 Å². The van der Waals surface area contributed by atoms with Crippen molar-refractivity contribution in [2.45, 2.75) is 85.4 Å². The smallest absolute Gasteiger partial charge is 0.392 e. The average molecular weight is 777 g/mol. The minimum atomic E-state index is -1.26. The molecule has 5 heterocycles. The Morgan fingerprint density at radius 3 is 2.10 bits per heavy atom. The Hall–Kier alpha value is -6.26. The molecule has 1 unspecified atom stereocenters. The first-order valence-electron chi connectivity index (χ1n) is 24.0. The van der Waals surface area contributed by atoms with Crippen LogP contribution in [0.2, 0.25) is 0 Å². The summed E-state index contributed by atoms with van der Waals surface area (Å²) >= 11 is 0. The van der Waals surface area contributed by atoms with Crippen LogP contribution >= 0.6 is 0 Å². The van der Waals surface area contributed by atoms with Crippen molar-refractivity contribution >= 4 is 11.0 Å². The number of aryl methyl sites for hydroxylation is 2. The fourth-order valence-corrected chi connectivity index (χ4v) is 10.0. The van der Waals surface area contributed by atoms with E-state index in [1.807, 2.05) is 64.2 Å². The van der Waals surface area contributed by atoms with Crippen LogP contribution in [0.4, 0.5) is 0 Å². The predicted molar refractivity (Wildman–Crippen MR) is 240 cm³/mol. The predicted octanol–water partition coefficient (Wildman–Crippen LogP) is 12.9. The van der Waals surface area contributed by atoms with E-state index in [0.717, 1.165) is 101 Å². The summed E-state index contributed by atoms with van der Waals surface area (Å²) in [6, 6.07) is 32.1. The second-order valence-corrected chi connectivity index (χ2v) is 18.0. The van der Waals surface area contributed by atoms with Crippen LogP contribution < -0.4 is 13.9 Å². The van der Waals surface area contributed by atoms with Crippen molar-refractivity contribution in [1.29, 1.82) is 0 Å². The number of benzene rings is 6. The maximum Gasteiger partial charge on any atom is 0.499 e. The third-order valence-electron chi connectivity index (χ3n) is 12.6. The van der Waals surface area contributed by atoms with E-state index in [0.29, 0.717) is 5.56 Å². The van der Waals surface area contributed by atoms with E-state index in [2.05, 4.69) is 115 Å². The molecule has 0 saturated carbocycles. The molecule has 0 bridgehead atoms. The SMILES string of the molecule is [2H]c1c([2H])c([2H])c(-c2cc[n+]3c(c2)-c2cc(C(C)(C)C)cc4c2C32Oc3c(C)cc(C)cc3-c3n(-c5ccc(-c6c(C([2H])(C)C)cccc6C([2H])(C)C)cc5)c5cccc-4c5[n+]32)c([2H])c1[2H]. The fourth-order valence-electron chi connectivity index (χ4n) is 10.0. The summed E-state index contributed by atoms with van der Waals surface area (Å²) in [5, 5.41) is 0. The lowest BCUT2D eigenvalue weighted by Crippen LogP contribution is -2.78. The first-order chi connectivity index (χ1) is 31.0. The van der Waals surface area contributed by atoms with E-state index in [9.17, 15) is 0 Å². The van der Waals surface area contributed by atoms with E-state index in [1.54, 1.807) is 0 Å². The van der Waals surface area contributed by atoms with Crippen LogP contribution in [0, 0.1) is 13.8 Å². The molecule has 6 aromatic carbocycles. The highest BCUT2D eigenvalue weighted by Crippen LogP contribution is 2.55. The van der Waals surface area contributed by atoms with E-state index >= 15 is 0 Å².